The van der Waals surface area contributed by atoms with Gasteiger partial charge in [0.15, 0.2) is 0 Å². The third kappa shape index (κ3) is 5.82. The van der Waals surface area contributed by atoms with Crippen LogP contribution in [0.1, 0.15) is 24.5 Å². The summed E-state index contributed by atoms with van der Waals surface area (Å²) in [5.74, 6) is -1.83. The molecule has 3 aromatic carbocycles. The zero-order valence-electron chi connectivity index (χ0n) is 26.9. The Morgan fingerprint density at radius 1 is 0.936 bits per heavy atom. The standard InChI is InChI=1S/C39H43N3O4S/c1-4-21-40(25-29-17-11-7-12-18-29)38(46)35-39-27(3)23-32(47-39)33(36(44)41(22-5-2)30-19-13-8-14-20-30)34(39)37(45)42(35)31(26-43)24-28-15-9-6-10-16-28/h4-20,27,31-35,43H,1-2,21-26H2,3H3/t27?,31-,32+,33-,34+,35?,39?/m1/s1. The summed E-state index contributed by atoms with van der Waals surface area (Å²) in [6.07, 6.45) is 4.54. The fourth-order valence-electron chi connectivity index (χ4n) is 8.16. The van der Waals surface area contributed by atoms with Crippen molar-refractivity contribution in [3.05, 3.63) is 127 Å². The minimum Gasteiger partial charge on any atom is -0.394 e. The molecule has 7 nitrogen and oxygen atoms in total. The SMILES string of the molecule is C=CCN(Cc1ccccc1)C(=O)C1N([C@@H](CO)Cc2ccccc2)C(=O)[C@@H]2[C@H](C(=O)N(CC=C)c3ccccc3)[C@@H]3CC(C)C12S3. The zero-order valence-corrected chi connectivity index (χ0v) is 27.7. The van der Waals surface area contributed by atoms with E-state index in [4.69, 9.17) is 0 Å². The fraction of sp³-hybridized carbons (Fsp3) is 0.359. The van der Waals surface area contributed by atoms with Gasteiger partial charge in [-0.25, -0.2) is 0 Å². The van der Waals surface area contributed by atoms with E-state index in [9.17, 15) is 9.90 Å². The van der Waals surface area contributed by atoms with Crippen molar-refractivity contribution in [1.82, 2.24) is 9.80 Å². The molecule has 3 amide bonds. The van der Waals surface area contributed by atoms with Crippen molar-refractivity contribution >= 4 is 35.2 Å². The zero-order chi connectivity index (χ0) is 33.1. The number of fused-ring (bicyclic) bond motifs is 1. The first-order chi connectivity index (χ1) is 22.8. The van der Waals surface area contributed by atoms with Gasteiger partial charge < -0.3 is 19.8 Å². The van der Waals surface area contributed by atoms with E-state index in [2.05, 4.69) is 20.1 Å². The Kier molecular flexibility index (Phi) is 9.71. The molecular formula is C39H43N3O4S. The maximum absolute atomic E-state index is 15.1. The number of anilines is 1. The van der Waals surface area contributed by atoms with Crippen molar-refractivity contribution in [2.45, 2.75) is 48.4 Å². The minimum atomic E-state index is -0.850. The Hall–Kier alpha value is -4.14. The Morgan fingerprint density at radius 2 is 1.53 bits per heavy atom. The molecule has 244 valence electrons. The van der Waals surface area contributed by atoms with Crippen molar-refractivity contribution in [3.63, 3.8) is 0 Å². The molecule has 3 unspecified atom stereocenters. The predicted molar refractivity (Wildman–Crippen MR) is 188 cm³/mol. The maximum Gasteiger partial charge on any atom is 0.247 e. The van der Waals surface area contributed by atoms with Crippen molar-refractivity contribution < 1.29 is 19.5 Å². The van der Waals surface area contributed by atoms with E-state index in [1.54, 1.807) is 38.6 Å². The van der Waals surface area contributed by atoms with Gasteiger partial charge in [-0.15, -0.1) is 24.9 Å². The van der Waals surface area contributed by atoms with Gasteiger partial charge in [0.2, 0.25) is 17.7 Å². The van der Waals surface area contributed by atoms with Gasteiger partial charge in [0.05, 0.1) is 29.2 Å². The molecule has 8 heteroatoms. The third-order valence-electron chi connectivity index (χ3n) is 10.1. The highest BCUT2D eigenvalue weighted by atomic mass is 32.2. The van der Waals surface area contributed by atoms with Crippen LogP contribution in [-0.2, 0) is 27.3 Å². The molecule has 0 saturated carbocycles. The van der Waals surface area contributed by atoms with Crippen LogP contribution in [0.5, 0.6) is 0 Å². The molecule has 1 N–H and O–H groups in total. The van der Waals surface area contributed by atoms with Gasteiger partial charge in [0.25, 0.3) is 0 Å². The third-order valence-corrected chi connectivity index (χ3v) is 12.2. The molecule has 3 heterocycles. The van der Waals surface area contributed by atoms with E-state index in [-0.39, 0.29) is 35.5 Å². The molecule has 0 aliphatic carbocycles. The largest absolute Gasteiger partial charge is 0.394 e. The topological polar surface area (TPSA) is 81.2 Å². The number of carbonyl (C=O) groups excluding carboxylic acids is 3. The number of aliphatic hydroxyl groups excluding tert-OH is 1. The second-order valence-electron chi connectivity index (χ2n) is 12.9. The van der Waals surface area contributed by atoms with E-state index in [0.29, 0.717) is 26.1 Å². The van der Waals surface area contributed by atoms with Gasteiger partial charge in [-0.1, -0.05) is 97.9 Å². The summed E-state index contributed by atoms with van der Waals surface area (Å²) in [4.78, 5) is 49.9. The molecule has 0 radical (unpaired) electrons. The predicted octanol–water partition coefficient (Wildman–Crippen LogP) is 5.36. The molecule has 7 atom stereocenters. The van der Waals surface area contributed by atoms with Crippen LogP contribution in [0, 0.1) is 17.8 Å². The Bertz CT molecular complexity index is 1600. The van der Waals surface area contributed by atoms with Crippen LogP contribution < -0.4 is 4.90 Å². The van der Waals surface area contributed by atoms with Crippen LogP contribution in [0.4, 0.5) is 5.69 Å². The van der Waals surface area contributed by atoms with Gasteiger partial charge in [0.1, 0.15) is 6.04 Å². The number of amides is 3. The summed E-state index contributed by atoms with van der Waals surface area (Å²) in [5.41, 5.74) is 2.69. The quantitative estimate of drug-likeness (QED) is 0.252. The van der Waals surface area contributed by atoms with Gasteiger partial charge in [-0.3, -0.25) is 14.4 Å². The number of carbonyl (C=O) groups is 3. The van der Waals surface area contributed by atoms with Crippen LogP contribution in [0.3, 0.4) is 0 Å². The lowest BCUT2D eigenvalue weighted by molar-refractivity contribution is -0.146. The second-order valence-corrected chi connectivity index (χ2v) is 14.4. The molecule has 2 bridgehead atoms. The molecule has 6 rings (SSSR count). The molecule has 47 heavy (non-hydrogen) atoms. The fourth-order valence-corrected chi connectivity index (χ4v) is 10.6. The summed E-state index contributed by atoms with van der Waals surface area (Å²) in [5, 5.41) is 10.8. The van der Waals surface area contributed by atoms with Crippen molar-refractivity contribution in [3.8, 4) is 0 Å². The second kappa shape index (κ2) is 13.9. The Labute approximate surface area is 281 Å². The van der Waals surface area contributed by atoms with E-state index >= 15 is 9.59 Å². The van der Waals surface area contributed by atoms with Crippen molar-refractivity contribution in [1.29, 1.82) is 0 Å². The maximum atomic E-state index is 15.1. The number of nitrogens with zero attached hydrogens (tertiary/aromatic N) is 3. The van der Waals surface area contributed by atoms with Crippen molar-refractivity contribution in [2.24, 2.45) is 17.8 Å². The molecule has 3 aliphatic rings. The highest BCUT2D eigenvalue weighted by molar-refractivity contribution is 8.02. The van der Waals surface area contributed by atoms with E-state index in [0.717, 1.165) is 23.2 Å². The molecular weight excluding hydrogens is 607 g/mol. The first kappa shape index (κ1) is 32.8. The first-order valence-electron chi connectivity index (χ1n) is 16.4. The molecule has 0 aromatic heterocycles. The average Bonchev–Trinajstić information content (AvgIpc) is 3.70. The smallest absolute Gasteiger partial charge is 0.247 e. The lowest BCUT2D eigenvalue weighted by Gasteiger charge is -2.42. The van der Waals surface area contributed by atoms with Crippen LogP contribution in [-0.4, -0.2) is 74.4 Å². The lowest BCUT2D eigenvalue weighted by Crippen LogP contribution is -2.59. The summed E-state index contributed by atoms with van der Waals surface area (Å²) in [6.45, 7) is 10.6. The van der Waals surface area contributed by atoms with Crippen molar-refractivity contribution in [2.75, 3.05) is 24.6 Å². The van der Waals surface area contributed by atoms with Gasteiger partial charge in [0, 0.05) is 30.6 Å². The molecule has 3 saturated heterocycles. The minimum absolute atomic E-state index is 0.00240. The molecule has 1 spiro atoms. The summed E-state index contributed by atoms with van der Waals surface area (Å²) in [6, 6.07) is 27.6. The molecule has 3 aliphatic heterocycles. The van der Waals surface area contributed by atoms with Crippen LogP contribution >= 0.6 is 11.8 Å². The number of likely N-dealkylation sites (tertiary alicyclic amines) is 1. The summed E-state index contributed by atoms with van der Waals surface area (Å²) >= 11 is 1.65. The molecule has 3 fully saturated rings. The number of hydrogen-bond donors (Lipinski definition) is 1. The normalized spacial score (nSPS) is 26.5. The van der Waals surface area contributed by atoms with Gasteiger partial charge in [-0.05, 0) is 42.0 Å². The lowest BCUT2D eigenvalue weighted by atomic mass is 9.65. The van der Waals surface area contributed by atoms with E-state index in [1.165, 1.54) is 0 Å². The highest BCUT2D eigenvalue weighted by Gasteiger charge is 2.77. The number of thioether (sulfide) groups is 1. The van der Waals surface area contributed by atoms with Gasteiger partial charge in [-0.2, -0.15) is 0 Å². The highest BCUT2D eigenvalue weighted by Crippen LogP contribution is 2.69. The van der Waals surface area contributed by atoms with Crippen LogP contribution in [0.2, 0.25) is 0 Å². The summed E-state index contributed by atoms with van der Waals surface area (Å²) < 4.78 is -0.823. The summed E-state index contributed by atoms with van der Waals surface area (Å²) in [7, 11) is 0. The first-order valence-corrected chi connectivity index (χ1v) is 17.3. The van der Waals surface area contributed by atoms with Gasteiger partial charge >= 0.3 is 0 Å². The number of para-hydroxylation sites is 1. The molecule has 3 aromatic rings. The van der Waals surface area contributed by atoms with Crippen LogP contribution in [0.15, 0.2) is 116 Å². The number of aliphatic hydroxyl groups is 1. The number of benzene rings is 3. The van der Waals surface area contributed by atoms with E-state index < -0.39 is 28.7 Å². The number of rotatable bonds is 13. The monoisotopic (exact) mass is 649 g/mol. The number of hydrogen-bond acceptors (Lipinski definition) is 5. The Balaban J connectivity index is 1.45. The van der Waals surface area contributed by atoms with E-state index in [1.807, 2.05) is 91.0 Å². The van der Waals surface area contributed by atoms with Crippen LogP contribution in [0.25, 0.3) is 0 Å². The Morgan fingerprint density at radius 3 is 2.13 bits per heavy atom. The average molecular weight is 650 g/mol.